The molecular formula is C16H24BrNO. The van der Waals surface area contributed by atoms with Crippen LogP contribution in [0, 0.1) is 0 Å². The molecule has 3 heteroatoms. The number of benzene rings is 1. The van der Waals surface area contributed by atoms with Crippen molar-refractivity contribution in [2.24, 2.45) is 0 Å². The fourth-order valence-electron chi connectivity index (χ4n) is 1.96. The molecule has 106 valence electrons. The van der Waals surface area contributed by atoms with E-state index in [2.05, 4.69) is 48.8 Å². The number of halogens is 1. The molecule has 0 spiro atoms. The van der Waals surface area contributed by atoms with E-state index in [1.165, 1.54) is 5.56 Å². The molecule has 0 fully saturated rings. The summed E-state index contributed by atoms with van der Waals surface area (Å²) in [4.78, 5) is 14.4. The van der Waals surface area contributed by atoms with Crippen LogP contribution < -0.4 is 0 Å². The third kappa shape index (κ3) is 4.98. The Kier molecular flexibility index (Phi) is 7.14. The largest absolute Gasteiger partial charge is 0.338 e. The summed E-state index contributed by atoms with van der Waals surface area (Å²) in [6.07, 6.45) is 2.17. The van der Waals surface area contributed by atoms with Crippen molar-refractivity contribution in [1.29, 1.82) is 0 Å². The number of carbonyl (C=O) groups excluding carboxylic acids is 1. The summed E-state index contributed by atoms with van der Waals surface area (Å²) in [6.45, 7) is 8.08. The van der Waals surface area contributed by atoms with Gasteiger partial charge in [-0.1, -0.05) is 55.3 Å². The van der Waals surface area contributed by atoms with Crippen molar-refractivity contribution in [2.45, 2.75) is 39.5 Å². The first-order valence-corrected chi connectivity index (χ1v) is 8.17. The first-order valence-electron chi connectivity index (χ1n) is 7.05. The van der Waals surface area contributed by atoms with Crippen LogP contribution in [0.3, 0.4) is 0 Å². The second-order valence-corrected chi connectivity index (χ2v) is 5.90. The standard InChI is InChI=1S/C16H24BrNO/c1-4-5-11-18(12-10-17)16(19)15-8-6-14(7-9-15)13(2)3/h6-9,13H,4-5,10-12H2,1-3H3. The lowest BCUT2D eigenvalue weighted by Gasteiger charge is -2.21. The number of alkyl halides is 1. The fourth-order valence-corrected chi connectivity index (χ4v) is 2.39. The molecule has 0 atom stereocenters. The van der Waals surface area contributed by atoms with Crippen LogP contribution in [-0.4, -0.2) is 29.2 Å². The summed E-state index contributed by atoms with van der Waals surface area (Å²) in [5, 5.41) is 0.826. The van der Waals surface area contributed by atoms with Crippen molar-refractivity contribution in [3.05, 3.63) is 35.4 Å². The lowest BCUT2D eigenvalue weighted by atomic mass is 10.0. The highest BCUT2D eigenvalue weighted by Gasteiger charge is 2.14. The van der Waals surface area contributed by atoms with Gasteiger partial charge in [0.25, 0.3) is 5.91 Å². The van der Waals surface area contributed by atoms with Gasteiger partial charge in [0.2, 0.25) is 0 Å². The van der Waals surface area contributed by atoms with E-state index in [0.717, 1.165) is 36.8 Å². The third-order valence-electron chi connectivity index (χ3n) is 3.25. The van der Waals surface area contributed by atoms with Gasteiger partial charge in [-0.15, -0.1) is 0 Å². The number of hydrogen-bond donors (Lipinski definition) is 0. The summed E-state index contributed by atoms with van der Waals surface area (Å²) >= 11 is 3.42. The van der Waals surface area contributed by atoms with E-state index in [-0.39, 0.29) is 5.91 Å². The van der Waals surface area contributed by atoms with Gasteiger partial charge in [-0.3, -0.25) is 4.79 Å². The van der Waals surface area contributed by atoms with Crippen LogP contribution >= 0.6 is 15.9 Å². The molecule has 0 unspecified atom stereocenters. The molecule has 0 bridgehead atoms. The summed E-state index contributed by atoms with van der Waals surface area (Å²) in [7, 11) is 0. The number of hydrogen-bond acceptors (Lipinski definition) is 1. The SMILES string of the molecule is CCCCN(CCBr)C(=O)c1ccc(C(C)C)cc1. The minimum Gasteiger partial charge on any atom is -0.338 e. The maximum Gasteiger partial charge on any atom is 0.253 e. The summed E-state index contributed by atoms with van der Waals surface area (Å²) in [5.41, 5.74) is 2.07. The number of amides is 1. The molecular weight excluding hydrogens is 302 g/mol. The van der Waals surface area contributed by atoms with Crippen LogP contribution in [-0.2, 0) is 0 Å². The molecule has 0 saturated heterocycles. The molecule has 0 aromatic heterocycles. The van der Waals surface area contributed by atoms with Crippen molar-refractivity contribution >= 4 is 21.8 Å². The highest BCUT2D eigenvalue weighted by atomic mass is 79.9. The predicted molar refractivity (Wildman–Crippen MR) is 85.1 cm³/mol. The Morgan fingerprint density at radius 1 is 1.21 bits per heavy atom. The van der Waals surface area contributed by atoms with Crippen molar-refractivity contribution in [3.63, 3.8) is 0 Å². The molecule has 19 heavy (non-hydrogen) atoms. The predicted octanol–water partition coefficient (Wildman–Crippen LogP) is 4.45. The lowest BCUT2D eigenvalue weighted by Crippen LogP contribution is -2.33. The number of unbranched alkanes of at least 4 members (excludes halogenated alkanes) is 1. The first kappa shape index (κ1) is 16.2. The molecule has 0 aliphatic rings. The van der Waals surface area contributed by atoms with Crippen LogP contribution in [0.25, 0.3) is 0 Å². The van der Waals surface area contributed by atoms with Gasteiger partial charge in [0.15, 0.2) is 0 Å². The molecule has 0 radical (unpaired) electrons. The van der Waals surface area contributed by atoms with Crippen LogP contribution in [0.1, 0.15) is 55.5 Å². The van der Waals surface area contributed by atoms with E-state index in [1.807, 2.05) is 17.0 Å². The van der Waals surface area contributed by atoms with E-state index in [4.69, 9.17) is 0 Å². The van der Waals surface area contributed by atoms with Crippen LogP contribution in [0.15, 0.2) is 24.3 Å². The zero-order valence-corrected chi connectivity index (χ0v) is 13.7. The quantitative estimate of drug-likeness (QED) is 0.678. The van der Waals surface area contributed by atoms with E-state index < -0.39 is 0 Å². The van der Waals surface area contributed by atoms with Crippen molar-refractivity contribution in [1.82, 2.24) is 4.90 Å². The number of carbonyl (C=O) groups is 1. The van der Waals surface area contributed by atoms with Gasteiger partial charge in [-0.2, -0.15) is 0 Å². The van der Waals surface area contributed by atoms with Crippen LogP contribution in [0.2, 0.25) is 0 Å². The Morgan fingerprint density at radius 3 is 2.32 bits per heavy atom. The molecule has 1 aromatic carbocycles. The van der Waals surface area contributed by atoms with Crippen LogP contribution in [0.5, 0.6) is 0 Å². The molecule has 1 amide bonds. The highest BCUT2D eigenvalue weighted by molar-refractivity contribution is 9.09. The minimum atomic E-state index is 0.142. The average molecular weight is 326 g/mol. The number of rotatable bonds is 7. The Hall–Kier alpha value is -0.830. The normalized spacial score (nSPS) is 10.8. The van der Waals surface area contributed by atoms with E-state index >= 15 is 0 Å². The Bertz CT molecular complexity index is 386. The second-order valence-electron chi connectivity index (χ2n) is 5.11. The Balaban J connectivity index is 2.77. The molecule has 0 aliphatic carbocycles. The monoisotopic (exact) mass is 325 g/mol. The topological polar surface area (TPSA) is 20.3 Å². The Morgan fingerprint density at radius 2 is 1.84 bits per heavy atom. The Labute approximate surface area is 125 Å². The molecule has 0 heterocycles. The average Bonchev–Trinajstić information content (AvgIpc) is 2.42. The number of nitrogens with zero attached hydrogens (tertiary/aromatic N) is 1. The maximum atomic E-state index is 12.4. The van der Waals surface area contributed by atoms with E-state index in [9.17, 15) is 4.79 Å². The molecule has 0 saturated carbocycles. The molecule has 0 aliphatic heterocycles. The highest BCUT2D eigenvalue weighted by Crippen LogP contribution is 2.16. The van der Waals surface area contributed by atoms with Crippen molar-refractivity contribution in [2.75, 3.05) is 18.4 Å². The molecule has 0 N–H and O–H groups in total. The fraction of sp³-hybridized carbons (Fsp3) is 0.562. The third-order valence-corrected chi connectivity index (χ3v) is 3.60. The van der Waals surface area contributed by atoms with Crippen LogP contribution in [0.4, 0.5) is 0 Å². The zero-order chi connectivity index (χ0) is 14.3. The molecule has 1 rings (SSSR count). The van der Waals surface area contributed by atoms with E-state index in [0.29, 0.717) is 5.92 Å². The smallest absolute Gasteiger partial charge is 0.253 e. The van der Waals surface area contributed by atoms with Gasteiger partial charge in [0.05, 0.1) is 0 Å². The van der Waals surface area contributed by atoms with E-state index in [1.54, 1.807) is 0 Å². The second kappa shape index (κ2) is 8.36. The lowest BCUT2D eigenvalue weighted by molar-refractivity contribution is 0.0764. The summed E-state index contributed by atoms with van der Waals surface area (Å²) in [6, 6.07) is 8.02. The van der Waals surface area contributed by atoms with Gasteiger partial charge in [-0.05, 0) is 30.0 Å². The molecule has 1 aromatic rings. The van der Waals surface area contributed by atoms with Gasteiger partial charge in [-0.25, -0.2) is 0 Å². The maximum absolute atomic E-state index is 12.4. The van der Waals surface area contributed by atoms with Crippen molar-refractivity contribution in [3.8, 4) is 0 Å². The minimum absolute atomic E-state index is 0.142. The summed E-state index contributed by atoms with van der Waals surface area (Å²) < 4.78 is 0. The van der Waals surface area contributed by atoms with Gasteiger partial charge in [0, 0.05) is 24.0 Å². The first-order chi connectivity index (χ1) is 9.10. The van der Waals surface area contributed by atoms with Gasteiger partial charge in [0.1, 0.15) is 0 Å². The van der Waals surface area contributed by atoms with Gasteiger partial charge >= 0.3 is 0 Å². The summed E-state index contributed by atoms with van der Waals surface area (Å²) in [5.74, 6) is 0.645. The molecule has 2 nitrogen and oxygen atoms in total. The van der Waals surface area contributed by atoms with Gasteiger partial charge < -0.3 is 4.90 Å². The zero-order valence-electron chi connectivity index (χ0n) is 12.2. The van der Waals surface area contributed by atoms with Crippen molar-refractivity contribution < 1.29 is 4.79 Å².